The van der Waals surface area contributed by atoms with E-state index >= 15 is 0 Å². The smallest absolute Gasteiger partial charge is 0.339 e. The Bertz CT molecular complexity index is 771. The van der Waals surface area contributed by atoms with Crippen molar-refractivity contribution in [2.24, 2.45) is 5.92 Å². The Morgan fingerprint density at radius 3 is 2.96 bits per heavy atom. The number of hydrogen-bond donors (Lipinski definition) is 1. The van der Waals surface area contributed by atoms with Crippen LogP contribution in [0.2, 0.25) is 0 Å². The second-order valence-corrected chi connectivity index (χ2v) is 6.97. The Hall–Kier alpha value is -2.21. The summed E-state index contributed by atoms with van der Waals surface area (Å²) in [5.41, 5.74) is 1.68. The number of carbonyl (C=O) groups is 2. The van der Waals surface area contributed by atoms with Gasteiger partial charge in [0.15, 0.2) is 6.61 Å². The zero-order valence-corrected chi connectivity index (χ0v) is 14.1. The fourth-order valence-electron chi connectivity index (χ4n) is 2.81. The van der Waals surface area contributed by atoms with Gasteiger partial charge in [0.2, 0.25) is 0 Å². The van der Waals surface area contributed by atoms with Gasteiger partial charge in [-0.3, -0.25) is 4.79 Å². The number of carbonyl (C=O) groups excluding carboxylic acids is 2. The summed E-state index contributed by atoms with van der Waals surface area (Å²) in [6, 6.07) is 5.85. The van der Waals surface area contributed by atoms with E-state index in [1.54, 1.807) is 22.8 Å². The number of fused-ring (bicyclic) bond motifs is 1. The van der Waals surface area contributed by atoms with Crippen LogP contribution in [0, 0.1) is 11.7 Å². The molecular formula is C18H18FNO3S. The molecule has 3 rings (SSSR count). The van der Waals surface area contributed by atoms with E-state index < -0.39 is 24.3 Å². The van der Waals surface area contributed by atoms with Crippen LogP contribution in [-0.2, 0) is 22.4 Å². The average Bonchev–Trinajstić information content (AvgIpc) is 2.98. The second-order valence-electron chi connectivity index (χ2n) is 6.00. The third-order valence-electron chi connectivity index (χ3n) is 4.10. The average molecular weight is 347 g/mol. The lowest BCUT2D eigenvalue weighted by Gasteiger charge is -2.18. The van der Waals surface area contributed by atoms with Gasteiger partial charge in [-0.25, -0.2) is 9.18 Å². The first kappa shape index (κ1) is 16.6. The lowest BCUT2D eigenvalue weighted by atomic mass is 9.88. The number of anilines is 1. The molecular weight excluding hydrogens is 329 g/mol. The number of nitrogens with one attached hydrogen (secondary N) is 1. The number of thiophene rings is 1. The van der Waals surface area contributed by atoms with Gasteiger partial charge in [0, 0.05) is 10.3 Å². The predicted octanol–water partition coefficient (Wildman–Crippen LogP) is 3.81. The van der Waals surface area contributed by atoms with Gasteiger partial charge in [-0.1, -0.05) is 19.1 Å². The molecule has 1 N–H and O–H groups in total. The van der Waals surface area contributed by atoms with Crippen LogP contribution in [0.5, 0.6) is 0 Å². The largest absolute Gasteiger partial charge is 0.452 e. The molecule has 0 radical (unpaired) electrons. The van der Waals surface area contributed by atoms with Crippen LogP contribution in [0.15, 0.2) is 29.6 Å². The molecule has 1 heterocycles. The number of rotatable bonds is 4. The number of esters is 1. The molecule has 1 amide bonds. The van der Waals surface area contributed by atoms with Crippen LogP contribution in [0.3, 0.4) is 0 Å². The van der Waals surface area contributed by atoms with Crippen LogP contribution < -0.4 is 5.32 Å². The van der Waals surface area contributed by atoms with Crippen molar-refractivity contribution in [3.05, 3.63) is 51.5 Å². The monoisotopic (exact) mass is 347 g/mol. The summed E-state index contributed by atoms with van der Waals surface area (Å²) >= 11 is 1.57. The van der Waals surface area contributed by atoms with E-state index in [1.807, 2.05) is 0 Å². The fourth-order valence-corrected chi connectivity index (χ4v) is 4.04. The van der Waals surface area contributed by atoms with Gasteiger partial charge in [0.25, 0.3) is 5.91 Å². The maximum absolute atomic E-state index is 13.5. The summed E-state index contributed by atoms with van der Waals surface area (Å²) in [6.07, 6.45) is 2.91. The Kier molecular flexibility index (Phi) is 4.94. The van der Waals surface area contributed by atoms with E-state index in [2.05, 4.69) is 12.2 Å². The van der Waals surface area contributed by atoms with E-state index in [4.69, 9.17) is 4.74 Å². The highest BCUT2D eigenvalue weighted by molar-refractivity contribution is 7.10. The molecule has 24 heavy (non-hydrogen) atoms. The number of hydrogen-bond acceptors (Lipinski definition) is 4. The highest BCUT2D eigenvalue weighted by Gasteiger charge is 2.24. The van der Waals surface area contributed by atoms with Gasteiger partial charge in [-0.05, 0) is 42.9 Å². The van der Waals surface area contributed by atoms with Gasteiger partial charge < -0.3 is 10.1 Å². The van der Waals surface area contributed by atoms with Crippen molar-refractivity contribution >= 4 is 28.9 Å². The summed E-state index contributed by atoms with van der Waals surface area (Å²) in [5, 5.41) is 4.20. The number of halogens is 1. The van der Waals surface area contributed by atoms with Crippen LogP contribution in [0.4, 0.5) is 10.1 Å². The predicted molar refractivity (Wildman–Crippen MR) is 90.8 cm³/mol. The molecule has 0 saturated heterocycles. The first-order valence-corrected chi connectivity index (χ1v) is 8.73. The lowest BCUT2D eigenvalue weighted by molar-refractivity contribution is -0.119. The Morgan fingerprint density at radius 1 is 1.38 bits per heavy atom. The minimum atomic E-state index is -0.564. The van der Waals surface area contributed by atoms with Crippen LogP contribution in [0.25, 0.3) is 0 Å². The maximum atomic E-state index is 13.5. The molecule has 1 aromatic heterocycles. The van der Waals surface area contributed by atoms with Crippen molar-refractivity contribution in [1.29, 1.82) is 0 Å². The number of amides is 1. The van der Waals surface area contributed by atoms with Crippen molar-refractivity contribution < 1.29 is 18.7 Å². The van der Waals surface area contributed by atoms with Crippen LogP contribution in [0.1, 0.15) is 34.1 Å². The molecule has 1 aliphatic carbocycles. The Balaban J connectivity index is 1.58. The molecule has 0 bridgehead atoms. The van der Waals surface area contributed by atoms with Gasteiger partial charge in [-0.15, -0.1) is 11.3 Å². The van der Waals surface area contributed by atoms with E-state index in [9.17, 15) is 14.0 Å². The maximum Gasteiger partial charge on any atom is 0.339 e. The lowest BCUT2D eigenvalue weighted by Crippen LogP contribution is -2.22. The number of benzene rings is 1. The molecule has 1 aromatic carbocycles. The van der Waals surface area contributed by atoms with Crippen LogP contribution in [-0.4, -0.2) is 18.5 Å². The highest BCUT2D eigenvalue weighted by atomic mass is 32.1. The van der Waals surface area contributed by atoms with Gasteiger partial charge >= 0.3 is 5.97 Å². The van der Waals surface area contributed by atoms with Crippen molar-refractivity contribution in [1.82, 2.24) is 0 Å². The van der Waals surface area contributed by atoms with E-state index in [1.165, 1.54) is 23.1 Å². The molecule has 1 aliphatic rings. The zero-order chi connectivity index (χ0) is 17.1. The SMILES string of the molecule is CC1CCc2c(C(=O)OCC(=O)Nc3ccccc3F)csc2C1. The molecule has 2 aromatic rings. The first-order chi connectivity index (χ1) is 11.5. The second kappa shape index (κ2) is 7.13. The summed E-state index contributed by atoms with van der Waals surface area (Å²) in [4.78, 5) is 25.3. The van der Waals surface area contributed by atoms with Crippen molar-refractivity contribution in [2.45, 2.75) is 26.2 Å². The first-order valence-electron chi connectivity index (χ1n) is 7.85. The third-order valence-corrected chi connectivity index (χ3v) is 5.16. The molecule has 4 nitrogen and oxygen atoms in total. The molecule has 1 unspecified atom stereocenters. The summed E-state index contributed by atoms with van der Waals surface area (Å²) in [7, 11) is 0. The standard InChI is InChI=1S/C18H18FNO3S/c1-11-6-7-12-13(10-24-16(12)8-11)18(22)23-9-17(21)20-15-5-3-2-4-14(15)19/h2-5,10-11H,6-9H2,1H3,(H,20,21). The minimum absolute atomic E-state index is 0.0699. The van der Waals surface area contributed by atoms with E-state index in [0.29, 0.717) is 11.5 Å². The topological polar surface area (TPSA) is 55.4 Å². The van der Waals surface area contributed by atoms with Gasteiger partial charge in [0.05, 0.1) is 11.3 Å². The Morgan fingerprint density at radius 2 is 2.17 bits per heavy atom. The molecule has 126 valence electrons. The minimum Gasteiger partial charge on any atom is -0.452 e. The molecule has 6 heteroatoms. The van der Waals surface area contributed by atoms with Gasteiger partial charge in [0.1, 0.15) is 5.82 Å². The van der Waals surface area contributed by atoms with Crippen LogP contribution >= 0.6 is 11.3 Å². The molecule has 0 fully saturated rings. The molecule has 0 saturated carbocycles. The molecule has 0 spiro atoms. The summed E-state index contributed by atoms with van der Waals surface area (Å²) in [6.45, 7) is 1.77. The summed E-state index contributed by atoms with van der Waals surface area (Å²) < 4.78 is 18.6. The number of para-hydroxylation sites is 1. The quantitative estimate of drug-likeness (QED) is 0.856. The van der Waals surface area contributed by atoms with Gasteiger partial charge in [-0.2, -0.15) is 0 Å². The van der Waals surface area contributed by atoms with Crippen molar-refractivity contribution in [3.8, 4) is 0 Å². The fraction of sp³-hybridized carbons (Fsp3) is 0.333. The van der Waals surface area contributed by atoms with Crippen molar-refractivity contribution in [3.63, 3.8) is 0 Å². The number of ether oxygens (including phenoxy) is 1. The van der Waals surface area contributed by atoms with Crippen molar-refractivity contribution in [2.75, 3.05) is 11.9 Å². The van der Waals surface area contributed by atoms with E-state index in [-0.39, 0.29) is 5.69 Å². The molecule has 1 atom stereocenters. The molecule has 0 aliphatic heterocycles. The zero-order valence-electron chi connectivity index (χ0n) is 13.3. The summed E-state index contributed by atoms with van der Waals surface area (Å²) in [5.74, 6) is -0.957. The highest BCUT2D eigenvalue weighted by Crippen LogP contribution is 2.33. The normalized spacial score (nSPS) is 16.3. The van der Waals surface area contributed by atoms with E-state index in [0.717, 1.165) is 24.8 Å². The third kappa shape index (κ3) is 3.64. The Labute approximate surface area is 143 Å².